The molecule has 0 fully saturated rings. The molecule has 1 heterocycles. The number of ether oxygens (including phenoxy) is 1. The summed E-state index contributed by atoms with van der Waals surface area (Å²) in [6, 6.07) is 0. The van der Waals surface area contributed by atoms with E-state index in [1.54, 1.807) is 13.3 Å². The Morgan fingerprint density at radius 3 is 2.68 bits per heavy atom. The highest BCUT2D eigenvalue weighted by molar-refractivity contribution is 5.79. The van der Waals surface area contributed by atoms with E-state index >= 15 is 0 Å². The van der Waals surface area contributed by atoms with Crippen LogP contribution in [-0.4, -0.2) is 48.4 Å². The van der Waals surface area contributed by atoms with Gasteiger partial charge in [-0.1, -0.05) is 20.8 Å². The van der Waals surface area contributed by atoms with Crippen molar-refractivity contribution in [3.05, 3.63) is 18.7 Å². The smallest absolute Gasteiger partial charge is 0.191 e. The summed E-state index contributed by atoms with van der Waals surface area (Å²) in [5, 5.41) is 6.63. The summed E-state index contributed by atoms with van der Waals surface area (Å²) in [5.41, 5.74) is 0.0804. The zero-order valence-electron chi connectivity index (χ0n) is 14.6. The Balaban J connectivity index is 2.40. The van der Waals surface area contributed by atoms with Crippen LogP contribution in [0.5, 0.6) is 0 Å². The van der Waals surface area contributed by atoms with Gasteiger partial charge in [-0.3, -0.25) is 4.99 Å². The topological polar surface area (TPSA) is 63.5 Å². The maximum atomic E-state index is 5.54. The second kappa shape index (κ2) is 9.46. The van der Waals surface area contributed by atoms with Crippen molar-refractivity contribution in [2.24, 2.45) is 10.4 Å². The van der Waals surface area contributed by atoms with E-state index in [2.05, 4.69) is 52.9 Å². The molecule has 0 radical (unpaired) electrons. The van der Waals surface area contributed by atoms with Crippen molar-refractivity contribution in [1.82, 2.24) is 20.2 Å². The highest BCUT2D eigenvalue weighted by Crippen LogP contribution is 2.21. The molecule has 6 heteroatoms. The van der Waals surface area contributed by atoms with E-state index in [4.69, 9.17) is 4.74 Å². The Kier molecular flexibility index (Phi) is 7.95. The number of aliphatic imine (C=N–C) groups is 1. The van der Waals surface area contributed by atoms with Crippen LogP contribution in [0.3, 0.4) is 0 Å². The van der Waals surface area contributed by atoms with Gasteiger partial charge in [-0.15, -0.1) is 0 Å². The Labute approximate surface area is 134 Å². The van der Waals surface area contributed by atoms with Crippen molar-refractivity contribution in [2.75, 3.05) is 26.7 Å². The lowest BCUT2D eigenvalue weighted by Gasteiger charge is -2.28. The first-order chi connectivity index (χ1) is 10.5. The van der Waals surface area contributed by atoms with Crippen molar-refractivity contribution >= 4 is 5.96 Å². The van der Waals surface area contributed by atoms with Gasteiger partial charge in [-0.05, 0) is 18.8 Å². The number of nitrogens with one attached hydrogen (secondary N) is 2. The van der Waals surface area contributed by atoms with E-state index in [1.807, 2.05) is 12.5 Å². The lowest BCUT2D eigenvalue weighted by atomic mass is 9.89. The Morgan fingerprint density at radius 2 is 2.14 bits per heavy atom. The average molecular weight is 309 g/mol. The van der Waals surface area contributed by atoms with Crippen molar-refractivity contribution < 1.29 is 4.74 Å². The molecule has 22 heavy (non-hydrogen) atoms. The Morgan fingerprint density at radius 1 is 1.36 bits per heavy atom. The summed E-state index contributed by atoms with van der Waals surface area (Å²) >= 11 is 0. The third-order valence-corrected chi connectivity index (χ3v) is 3.45. The molecule has 6 nitrogen and oxygen atoms in total. The fourth-order valence-electron chi connectivity index (χ4n) is 2.11. The molecule has 0 saturated carbocycles. The van der Waals surface area contributed by atoms with Crippen molar-refractivity contribution in [3.8, 4) is 0 Å². The molecule has 0 aliphatic rings. The largest absolute Gasteiger partial charge is 0.379 e. The average Bonchev–Trinajstić information content (AvgIpc) is 2.95. The molecule has 0 aliphatic heterocycles. The molecular weight excluding hydrogens is 278 g/mol. The predicted molar refractivity (Wildman–Crippen MR) is 91.1 cm³/mol. The van der Waals surface area contributed by atoms with Crippen LogP contribution in [0.4, 0.5) is 0 Å². The number of hydrogen-bond acceptors (Lipinski definition) is 3. The zero-order chi connectivity index (χ0) is 16.4. The lowest BCUT2D eigenvalue weighted by molar-refractivity contribution is 0.0241. The monoisotopic (exact) mass is 309 g/mol. The van der Waals surface area contributed by atoms with Crippen molar-refractivity contribution in [1.29, 1.82) is 0 Å². The Bertz CT molecular complexity index is 422. The number of aromatic nitrogens is 2. The van der Waals surface area contributed by atoms with E-state index in [-0.39, 0.29) is 11.5 Å². The summed E-state index contributed by atoms with van der Waals surface area (Å²) in [7, 11) is 1.75. The zero-order valence-corrected chi connectivity index (χ0v) is 14.6. The van der Waals surface area contributed by atoms with Gasteiger partial charge in [0.05, 0.1) is 19.0 Å². The van der Waals surface area contributed by atoms with E-state index in [0.717, 1.165) is 32.0 Å². The molecule has 2 N–H and O–H groups in total. The van der Waals surface area contributed by atoms with Gasteiger partial charge < -0.3 is 19.9 Å². The highest BCUT2D eigenvalue weighted by atomic mass is 16.5. The van der Waals surface area contributed by atoms with Crippen LogP contribution < -0.4 is 10.6 Å². The van der Waals surface area contributed by atoms with Crippen LogP contribution in [0.15, 0.2) is 23.7 Å². The predicted octanol–water partition coefficient (Wildman–Crippen LogP) is 1.89. The number of aryl methyl sites for hydroxylation is 1. The number of imidazole rings is 1. The van der Waals surface area contributed by atoms with Crippen LogP contribution in [0.25, 0.3) is 0 Å². The number of guanidine groups is 1. The minimum Gasteiger partial charge on any atom is -0.379 e. The first kappa shape index (κ1) is 18.5. The van der Waals surface area contributed by atoms with Crippen LogP contribution in [0.1, 0.15) is 34.1 Å². The van der Waals surface area contributed by atoms with Gasteiger partial charge in [0.1, 0.15) is 0 Å². The molecule has 0 amide bonds. The molecule has 1 rings (SSSR count). The minimum atomic E-state index is 0.0804. The van der Waals surface area contributed by atoms with Gasteiger partial charge in [0.25, 0.3) is 0 Å². The minimum absolute atomic E-state index is 0.0804. The first-order valence-electron chi connectivity index (χ1n) is 7.98. The van der Waals surface area contributed by atoms with Crippen LogP contribution in [0, 0.1) is 5.41 Å². The number of rotatable bonds is 8. The molecule has 0 spiro atoms. The molecule has 1 aromatic rings. The summed E-state index contributed by atoms with van der Waals surface area (Å²) < 4.78 is 7.62. The highest BCUT2D eigenvalue weighted by Gasteiger charge is 2.23. The fraction of sp³-hybridized carbons (Fsp3) is 0.750. The van der Waals surface area contributed by atoms with Crippen LogP contribution in [-0.2, 0) is 11.3 Å². The Hall–Kier alpha value is -1.56. The lowest BCUT2D eigenvalue weighted by Crippen LogP contribution is -2.40. The summed E-state index contributed by atoms with van der Waals surface area (Å²) in [6.07, 6.45) is 6.75. The molecule has 126 valence electrons. The first-order valence-corrected chi connectivity index (χ1v) is 7.98. The van der Waals surface area contributed by atoms with E-state index in [1.165, 1.54) is 0 Å². The third kappa shape index (κ3) is 6.93. The van der Waals surface area contributed by atoms with Gasteiger partial charge in [-0.2, -0.15) is 0 Å². The van der Waals surface area contributed by atoms with Crippen LogP contribution >= 0.6 is 0 Å². The molecule has 0 saturated heterocycles. The third-order valence-electron chi connectivity index (χ3n) is 3.45. The van der Waals surface area contributed by atoms with Gasteiger partial charge in [0, 0.05) is 39.1 Å². The molecule has 1 atom stereocenters. The van der Waals surface area contributed by atoms with E-state index in [0.29, 0.717) is 6.54 Å². The van der Waals surface area contributed by atoms with Crippen molar-refractivity contribution in [3.63, 3.8) is 0 Å². The van der Waals surface area contributed by atoms with E-state index < -0.39 is 0 Å². The van der Waals surface area contributed by atoms with E-state index in [9.17, 15) is 0 Å². The fourth-order valence-corrected chi connectivity index (χ4v) is 2.11. The van der Waals surface area contributed by atoms with Crippen molar-refractivity contribution in [2.45, 2.75) is 46.8 Å². The number of nitrogens with zero attached hydrogens (tertiary/aromatic N) is 3. The molecule has 1 aromatic heterocycles. The van der Waals surface area contributed by atoms with Gasteiger partial charge >= 0.3 is 0 Å². The summed E-state index contributed by atoms with van der Waals surface area (Å²) in [6.45, 7) is 11.9. The SMILES string of the molecule is CCNC(=NCC(OC)C(C)(C)C)NCCCn1ccnc1. The van der Waals surface area contributed by atoms with Gasteiger partial charge in [-0.25, -0.2) is 4.98 Å². The summed E-state index contributed by atoms with van der Waals surface area (Å²) in [4.78, 5) is 8.68. The molecule has 0 aromatic carbocycles. The normalized spacial score (nSPS) is 14.0. The second-order valence-electron chi connectivity index (χ2n) is 6.39. The van der Waals surface area contributed by atoms with Gasteiger partial charge in [0.15, 0.2) is 5.96 Å². The van der Waals surface area contributed by atoms with Crippen LogP contribution in [0.2, 0.25) is 0 Å². The van der Waals surface area contributed by atoms with Gasteiger partial charge in [0.2, 0.25) is 0 Å². The second-order valence-corrected chi connectivity index (χ2v) is 6.39. The number of hydrogen-bond donors (Lipinski definition) is 2. The molecule has 0 aliphatic carbocycles. The molecule has 0 bridgehead atoms. The standard InChI is InChI=1S/C16H31N5O/c1-6-18-15(20-12-14(22-5)16(2,3)4)19-8-7-10-21-11-9-17-13-21/h9,11,13-14H,6-8,10,12H2,1-5H3,(H2,18,19,20). The molecular formula is C16H31N5O. The maximum absolute atomic E-state index is 5.54. The summed E-state index contributed by atoms with van der Waals surface area (Å²) in [5.74, 6) is 0.847. The maximum Gasteiger partial charge on any atom is 0.191 e. The quantitative estimate of drug-likeness (QED) is 0.437. The number of methoxy groups -OCH3 is 1. The molecule has 1 unspecified atom stereocenters.